The lowest BCUT2D eigenvalue weighted by atomic mass is 10.2. The van der Waals surface area contributed by atoms with E-state index in [-0.39, 0.29) is 5.75 Å². The largest absolute Gasteiger partial charge is 0.224 e. The minimum atomic E-state index is -3.10. The minimum absolute atomic E-state index is 0.0964. The molecule has 0 atom stereocenters. The maximum Gasteiger partial charge on any atom is 0.179 e. The Morgan fingerprint density at radius 1 is 1.23 bits per heavy atom. The number of thiol groups is 1. The quantitative estimate of drug-likeness (QED) is 0.780. The van der Waals surface area contributed by atoms with Crippen molar-refractivity contribution in [2.75, 3.05) is 11.5 Å². The third-order valence-electron chi connectivity index (χ3n) is 1.74. The van der Waals surface area contributed by atoms with E-state index in [0.717, 1.165) is 5.56 Å². The van der Waals surface area contributed by atoms with Gasteiger partial charge in [-0.15, -0.1) is 0 Å². The summed E-state index contributed by atoms with van der Waals surface area (Å²) in [5.41, 5.74) is 1.06. The first-order chi connectivity index (χ1) is 6.06. The van der Waals surface area contributed by atoms with Gasteiger partial charge in [-0.25, -0.2) is 8.42 Å². The summed E-state index contributed by atoms with van der Waals surface area (Å²) in [7, 11) is -3.10. The standard InChI is InChI=1S/C9H12O2S2/c1-8-2-4-9(5-3-8)13(10,11)7-6-12/h2-5,12H,6-7H2,1H3. The molecule has 13 heavy (non-hydrogen) atoms. The Morgan fingerprint density at radius 3 is 2.23 bits per heavy atom. The Kier molecular flexibility index (Phi) is 3.39. The predicted octanol–water partition coefficient (Wildman–Crippen LogP) is 1.70. The molecule has 1 aromatic rings. The Labute approximate surface area is 84.3 Å². The van der Waals surface area contributed by atoms with Crippen LogP contribution in [0.1, 0.15) is 5.56 Å². The van der Waals surface area contributed by atoms with E-state index in [0.29, 0.717) is 10.6 Å². The molecule has 0 aromatic heterocycles. The molecule has 0 heterocycles. The van der Waals surface area contributed by atoms with E-state index >= 15 is 0 Å². The second-order valence-electron chi connectivity index (χ2n) is 2.86. The molecule has 4 heteroatoms. The van der Waals surface area contributed by atoms with Crippen LogP contribution in [0, 0.1) is 6.92 Å². The molecule has 0 saturated heterocycles. The molecule has 0 N–H and O–H groups in total. The van der Waals surface area contributed by atoms with Crippen LogP contribution in [0.2, 0.25) is 0 Å². The van der Waals surface area contributed by atoms with Crippen molar-refractivity contribution in [3.8, 4) is 0 Å². The minimum Gasteiger partial charge on any atom is -0.224 e. The highest BCUT2D eigenvalue weighted by Gasteiger charge is 2.11. The van der Waals surface area contributed by atoms with Crippen molar-refractivity contribution in [1.29, 1.82) is 0 Å². The molecule has 1 rings (SSSR count). The molecular formula is C9H12O2S2. The summed E-state index contributed by atoms with van der Waals surface area (Å²) in [6.45, 7) is 1.93. The molecule has 0 aliphatic heterocycles. The maximum atomic E-state index is 11.5. The first-order valence-electron chi connectivity index (χ1n) is 3.96. The van der Waals surface area contributed by atoms with Gasteiger partial charge in [0.15, 0.2) is 9.84 Å². The number of hydrogen-bond acceptors (Lipinski definition) is 3. The summed E-state index contributed by atoms with van der Waals surface area (Å²) in [5.74, 6) is 0.454. The number of aryl methyl sites for hydroxylation is 1. The fourth-order valence-corrected chi connectivity index (χ4v) is 2.73. The van der Waals surface area contributed by atoms with Crippen LogP contribution >= 0.6 is 12.6 Å². The van der Waals surface area contributed by atoms with Crippen molar-refractivity contribution < 1.29 is 8.42 Å². The molecule has 72 valence electrons. The van der Waals surface area contributed by atoms with Gasteiger partial charge in [-0.2, -0.15) is 12.6 Å². The van der Waals surface area contributed by atoms with Crippen molar-refractivity contribution in [1.82, 2.24) is 0 Å². The molecule has 0 unspecified atom stereocenters. The number of sulfone groups is 1. The number of benzene rings is 1. The van der Waals surface area contributed by atoms with E-state index in [1.54, 1.807) is 24.3 Å². The lowest BCUT2D eigenvalue weighted by Gasteiger charge is -2.01. The van der Waals surface area contributed by atoms with Gasteiger partial charge in [0.1, 0.15) is 0 Å². The maximum absolute atomic E-state index is 11.5. The highest BCUT2D eigenvalue weighted by Crippen LogP contribution is 2.11. The number of rotatable bonds is 3. The van der Waals surface area contributed by atoms with Gasteiger partial charge in [0, 0.05) is 5.75 Å². The van der Waals surface area contributed by atoms with E-state index in [1.165, 1.54) is 0 Å². The average Bonchev–Trinajstić information content (AvgIpc) is 2.05. The Morgan fingerprint density at radius 2 is 1.77 bits per heavy atom. The summed E-state index contributed by atoms with van der Waals surface area (Å²) >= 11 is 3.91. The highest BCUT2D eigenvalue weighted by atomic mass is 32.2. The Balaban J connectivity index is 3.02. The van der Waals surface area contributed by atoms with Crippen LogP contribution in [-0.2, 0) is 9.84 Å². The fraction of sp³-hybridized carbons (Fsp3) is 0.333. The molecule has 0 saturated carbocycles. The molecule has 0 aliphatic rings. The second kappa shape index (κ2) is 4.15. The van der Waals surface area contributed by atoms with E-state index < -0.39 is 9.84 Å². The zero-order valence-electron chi connectivity index (χ0n) is 7.40. The molecule has 0 aliphatic carbocycles. The second-order valence-corrected chi connectivity index (χ2v) is 5.41. The van der Waals surface area contributed by atoms with E-state index in [9.17, 15) is 8.42 Å². The SMILES string of the molecule is Cc1ccc(S(=O)(=O)CCS)cc1. The van der Waals surface area contributed by atoms with Gasteiger partial charge >= 0.3 is 0 Å². The zero-order chi connectivity index (χ0) is 9.90. The van der Waals surface area contributed by atoms with Crippen LogP contribution in [0.15, 0.2) is 29.2 Å². The van der Waals surface area contributed by atoms with Crippen LogP contribution < -0.4 is 0 Å². The fourth-order valence-electron chi connectivity index (χ4n) is 0.984. The van der Waals surface area contributed by atoms with Gasteiger partial charge in [0.05, 0.1) is 10.6 Å². The lowest BCUT2D eigenvalue weighted by Crippen LogP contribution is -2.07. The Hall–Kier alpha value is -0.480. The van der Waals surface area contributed by atoms with Gasteiger partial charge in [0.2, 0.25) is 0 Å². The van der Waals surface area contributed by atoms with Crippen LogP contribution in [-0.4, -0.2) is 19.9 Å². The van der Waals surface area contributed by atoms with E-state index in [4.69, 9.17) is 0 Å². The molecule has 2 nitrogen and oxygen atoms in total. The third-order valence-corrected chi connectivity index (χ3v) is 4.00. The van der Waals surface area contributed by atoms with E-state index in [2.05, 4.69) is 12.6 Å². The first kappa shape index (κ1) is 10.6. The number of hydrogen-bond donors (Lipinski definition) is 1. The van der Waals surface area contributed by atoms with Crippen molar-refractivity contribution >= 4 is 22.5 Å². The topological polar surface area (TPSA) is 34.1 Å². The average molecular weight is 216 g/mol. The zero-order valence-corrected chi connectivity index (χ0v) is 9.11. The molecule has 0 radical (unpaired) electrons. The van der Waals surface area contributed by atoms with Crippen molar-refractivity contribution in [3.05, 3.63) is 29.8 Å². The smallest absolute Gasteiger partial charge is 0.179 e. The molecule has 0 spiro atoms. The van der Waals surface area contributed by atoms with E-state index in [1.807, 2.05) is 6.92 Å². The van der Waals surface area contributed by atoms with Crippen LogP contribution in [0.4, 0.5) is 0 Å². The predicted molar refractivity (Wildman–Crippen MR) is 57.1 cm³/mol. The van der Waals surface area contributed by atoms with Crippen molar-refractivity contribution in [2.45, 2.75) is 11.8 Å². The summed E-state index contributed by atoms with van der Waals surface area (Å²) < 4.78 is 23.0. The highest BCUT2D eigenvalue weighted by molar-refractivity contribution is 7.92. The van der Waals surface area contributed by atoms with Crippen molar-refractivity contribution in [2.24, 2.45) is 0 Å². The van der Waals surface area contributed by atoms with Gasteiger partial charge in [-0.05, 0) is 19.1 Å². The monoisotopic (exact) mass is 216 g/mol. The first-order valence-corrected chi connectivity index (χ1v) is 6.25. The summed E-state index contributed by atoms with van der Waals surface area (Å²) in [5, 5.41) is 0. The molecule has 0 fully saturated rings. The summed E-state index contributed by atoms with van der Waals surface area (Å²) in [4.78, 5) is 0.382. The van der Waals surface area contributed by atoms with Crippen molar-refractivity contribution in [3.63, 3.8) is 0 Å². The molecule has 0 amide bonds. The van der Waals surface area contributed by atoms with Gasteiger partial charge in [-0.1, -0.05) is 17.7 Å². The normalized spacial score (nSPS) is 11.5. The Bertz CT molecular complexity index is 365. The lowest BCUT2D eigenvalue weighted by molar-refractivity contribution is 0.597. The van der Waals surface area contributed by atoms with Gasteiger partial charge in [-0.3, -0.25) is 0 Å². The van der Waals surface area contributed by atoms with Crippen LogP contribution in [0.5, 0.6) is 0 Å². The molecular weight excluding hydrogens is 204 g/mol. The van der Waals surface area contributed by atoms with Gasteiger partial charge in [0.25, 0.3) is 0 Å². The van der Waals surface area contributed by atoms with Gasteiger partial charge < -0.3 is 0 Å². The summed E-state index contributed by atoms with van der Waals surface area (Å²) in [6.07, 6.45) is 0. The molecule has 1 aromatic carbocycles. The summed E-state index contributed by atoms with van der Waals surface area (Å²) in [6, 6.07) is 6.86. The van der Waals surface area contributed by atoms with Crippen LogP contribution in [0.25, 0.3) is 0 Å². The third kappa shape index (κ3) is 2.74. The molecule has 0 bridgehead atoms. The van der Waals surface area contributed by atoms with Crippen LogP contribution in [0.3, 0.4) is 0 Å².